The fourth-order valence-corrected chi connectivity index (χ4v) is 2.92. The minimum atomic E-state index is 0.412. The lowest BCUT2D eigenvalue weighted by molar-refractivity contribution is 0.975. The highest BCUT2D eigenvalue weighted by molar-refractivity contribution is 5.81. The Morgan fingerprint density at radius 1 is 0.889 bits per heavy atom. The quantitative estimate of drug-likeness (QED) is 0.406. The smallest absolute Gasteiger partial charge is 0.180 e. The molecule has 0 aliphatic rings. The predicted molar refractivity (Wildman–Crippen MR) is 110 cm³/mol. The molecule has 3 aromatic rings. The Morgan fingerprint density at radius 3 is 2.00 bits per heavy atom. The van der Waals surface area contributed by atoms with Gasteiger partial charge in [0.1, 0.15) is 0 Å². The van der Waals surface area contributed by atoms with Crippen molar-refractivity contribution in [2.24, 2.45) is 0 Å². The second kappa shape index (κ2) is 8.52. The van der Waals surface area contributed by atoms with Gasteiger partial charge in [0.05, 0.1) is 18.2 Å². The van der Waals surface area contributed by atoms with E-state index in [4.69, 9.17) is 6.57 Å². The van der Waals surface area contributed by atoms with Gasteiger partial charge >= 0.3 is 0 Å². The van der Waals surface area contributed by atoms with Crippen LogP contribution in [0, 0.1) is 17.9 Å². The van der Waals surface area contributed by atoms with Gasteiger partial charge in [-0.05, 0) is 42.3 Å². The normalized spacial score (nSPS) is 11.1. The lowest BCUT2D eigenvalue weighted by atomic mass is 10.0. The molecule has 0 aliphatic heterocycles. The van der Waals surface area contributed by atoms with Crippen LogP contribution in [0.25, 0.3) is 10.4 Å². The first kappa shape index (κ1) is 18.0. The van der Waals surface area contributed by atoms with Crippen LogP contribution >= 0.6 is 0 Å². The summed E-state index contributed by atoms with van der Waals surface area (Å²) in [6, 6.07) is 30.5. The molecule has 0 aromatic heterocycles. The number of para-hydroxylation sites is 1. The van der Waals surface area contributed by atoms with Crippen LogP contribution in [-0.4, -0.2) is 0 Å². The molecule has 27 heavy (non-hydrogen) atoms. The lowest BCUT2D eigenvalue weighted by Crippen LogP contribution is -2.16. The van der Waals surface area contributed by atoms with Gasteiger partial charge in [-0.2, -0.15) is 5.26 Å². The van der Waals surface area contributed by atoms with Crippen LogP contribution < -0.4 is 4.90 Å². The molecule has 0 atom stereocenters. The van der Waals surface area contributed by atoms with E-state index in [1.165, 1.54) is 5.56 Å². The van der Waals surface area contributed by atoms with Gasteiger partial charge in [0, 0.05) is 17.9 Å². The molecule has 0 amide bonds. The first-order valence-corrected chi connectivity index (χ1v) is 8.68. The highest BCUT2D eigenvalue weighted by Crippen LogP contribution is 2.29. The summed E-state index contributed by atoms with van der Waals surface area (Å²) in [6.45, 7) is 9.56. The lowest BCUT2D eigenvalue weighted by Gasteiger charge is -2.25. The standard InChI is InChI=1S/C24H19N3/c1-19(26-2)24(17-25)21-13-15-23(16-14-21)27(22-11-7-4-8-12-22)18-20-9-5-3-6-10-20/h3-16H,18H2,1H3/b24-19-. The molecule has 130 valence electrons. The zero-order chi connectivity index (χ0) is 19.1. The molecule has 0 fully saturated rings. The Labute approximate surface area is 160 Å². The van der Waals surface area contributed by atoms with E-state index in [0.717, 1.165) is 23.5 Å². The summed E-state index contributed by atoms with van der Waals surface area (Å²) in [5, 5.41) is 9.37. The van der Waals surface area contributed by atoms with Crippen molar-refractivity contribution in [1.29, 1.82) is 5.26 Å². The highest BCUT2D eigenvalue weighted by atomic mass is 15.1. The van der Waals surface area contributed by atoms with Crippen molar-refractivity contribution in [3.8, 4) is 6.07 Å². The van der Waals surface area contributed by atoms with E-state index in [1.807, 2.05) is 60.7 Å². The molecule has 3 heteroatoms. The third-order valence-electron chi connectivity index (χ3n) is 4.36. The van der Waals surface area contributed by atoms with Crippen molar-refractivity contribution in [2.45, 2.75) is 13.5 Å². The molecule has 0 saturated heterocycles. The Morgan fingerprint density at radius 2 is 1.44 bits per heavy atom. The van der Waals surface area contributed by atoms with E-state index in [2.05, 4.69) is 40.1 Å². The summed E-state index contributed by atoms with van der Waals surface area (Å²) >= 11 is 0. The zero-order valence-electron chi connectivity index (χ0n) is 15.1. The summed E-state index contributed by atoms with van der Waals surface area (Å²) in [4.78, 5) is 5.63. The summed E-state index contributed by atoms with van der Waals surface area (Å²) in [5.41, 5.74) is 4.95. The highest BCUT2D eigenvalue weighted by Gasteiger charge is 2.11. The van der Waals surface area contributed by atoms with E-state index in [1.54, 1.807) is 6.92 Å². The van der Waals surface area contributed by atoms with Gasteiger partial charge in [-0.25, -0.2) is 4.85 Å². The average molecular weight is 349 g/mol. The second-order valence-corrected chi connectivity index (χ2v) is 6.14. The van der Waals surface area contributed by atoms with Gasteiger partial charge in [0.15, 0.2) is 5.70 Å². The molecule has 0 heterocycles. The number of nitriles is 1. The number of anilines is 2. The van der Waals surface area contributed by atoms with Crippen LogP contribution in [0.2, 0.25) is 0 Å². The molecule has 0 spiro atoms. The predicted octanol–water partition coefficient (Wildman–Crippen LogP) is 6.20. The van der Waals surface area contributed by atoms with Crippen molar-refractivity contribution in [3.05, 3.63) is 113 Å². The molecular weight excluding hydrogens is 330 g/mol. The largest absolute Gasteiger partial charge is 0.337 e. The Kier molecular flexibility index (Phi) is 5.67. The van der Waals surface area contributed by atoms with E-state index in [9.17, 15) is 5.26 Å². The number of allylic oxidation sites excluding steroid dienone is 2. The summed E-state index contributed by atoms with van der Waals surface area (Å²) in [5.74, 6) is 0. The van der Waals surface area contributed by atoms with E-state index >= 15 is 0 Å². The molecule has 0 saturated carbocycles. The number of nitrogens with zero attached hydrogens (tertiary/aromatic N) is 3. The fraction of sp³-hybridized carbons (Fsp3) is 0.0833. The first-order valence-electron chi connectivity index (χ1n) is 8.68. The number of benzene rings is 3. The van der Waals surface area contributed by atoms with Crippen LogP contribution in [0.3, 0.4) is 0 Å². The van der Waals surface area contributed by atoms with E-state index in [-0.39, 0.29) is 0 Å². The second-order valence-electron chi connectivity index (χ2n) is 6.14. The molecule has 0 unspecified atom stereocenters. The first-order chi connectivity index (χ1) is 13.2. The van der Waals surface area contributed by atoms with Gasteiger partial charge in [0.25, 0.3) is 0 Å². The molecule has 3 aromatic carbocycles. The van der Waals surface area contributed by atoms with Gasteiger partial charge in [-0.1, -0.05) is 60.7 Å². The van der Waals surface area contributed by atoms with Crippen LogP contribution in [0.4, 0.5) is 11.4 Å². The molecule has 0 bridgehead atoms. The fourth-order valence-electron chi connectivity index (χ4n) is 2.92. The van der Waals surface area contributed by atoms with Crippen molar-refractivity contribution in [2.75, 3.05) is 4.90 Å². The van der Waals surface area contributed by atoms with Crippen molar-refractivity contribution in [3.63, 3.8) is 0 Å². The van der Waals surface area contributed by atoms with Gasteiger partial charge in [-0.15, -0.1) is 0 Å². The summed E-state index contributed by atoms with van der Waals surface area (Å²) in [7, 11) is 0. The van der Waals surface area contributed by atoms with Crippen LogP contribution in [0.15, 0.2) is 90.6 Å². The molecular formula is C24H19N3. The Bertz CT molecular complexity index is 1010. The SMILES string of the molecule is [C-]#[N+]/C(C)=C(/C#N)c1ccc(N(Cc2ccccc2)c2ccccc2)cc1. The van der Waals surface area contributed by atoms with Crippen LogP contribution in [0.5, 0.6) is 0 Å². The maximum absolute atomic E-state index is 9.37. The Balaban J connectivity index is 1.98. The van der Waals surface area contributed by atoms with Crippen molar-refractivity contribution >= 4 is 16.9 Å². The monoisotopic (exact) mass is 349 g/mol. The van der Waals surface area contributed by atoms with Crippen molar-refractivity contribution in [1.82, 2.24) is 0 Å². The van der Waals surface area contributed by atoms with E-state index in [0.29, 0.717) is 11.3 Å². The number of hydrogen-bond donors (Lipinski definition) is 0. The third kappa shape index (κ3) is 4.24. The van der Waals surface area contributed by atoms with Crippen molar-refractivity contribution < 1.29 is 0 Å². The molecule has 0 aliphatic carbocycles. The van der Waals surface area contributed by atoms with Gasteiger partial charge in [0.2, 0.25) is 0 Å². The summed E-state index contributed by atoms with van der Waals surface area (Å²) in [6.07, 6.45) is 0. The number of rotatable bonds is 5. The minimum Gasteiger partial charge on any atom is -0.337 e. The van der Waals surface area contributed by atoms with E-state index < -0.39 is 0 Å². The maximum atomic E-state index is 9.37. The van der Waals surface area contributed by atoms with Gasteiger partial charge < -0.3 is 4.90 Å². The Hall–Kier alpha value is -3.82. The molecule has 3 rings (SSSR count). The topological polar surface area (TPSA) is 31.4 Å². The average Bonchev–Trinajstić information content (AvgIpc) is 2.74. The minimum absolute atomic E-state index is 0.412. The molecule has 0 N–H and O–H groups in total. The molecule has 3 nitrogen and oxygen atoms in total. The maximum Gasteiger partial charge on any atom is 0.180 e. The molecule has 0 radical (unpaired) electrons. The zero-order valence-corrected chi connectivity index (χ0v) is 15.1. The third-order valence-corrected chi connectivity index (χ3v) is 4.36. The number of hydrogen-bond acceptors (Lipinski definition) is 2. The van der Waals surface area contributed by atoms with Gasteiger partial charge in [-0.3, -0.25) is 0 Å². The summed E-state index contributed by atoms with van der Waals surface area (Å²) < 4.78 is 0. The van der Waals surface area contributed by atoms with Crippen LogP contribution in [-0.2, 0) is 6.54 Å². The van der Waals surface area contributed by atoms with Crippen LogP contribution in [0.1, 0.15) is 18.1 Å².